The second-order valence-electron chi connectivity index (χ2n) is 6.87. The summed E-state index contributed by atoms with van der Waals surface area (Å²) in [5.41, 5.74) is -0.726. The summed E-state index contributed by atoms with van der Waals surface area (Å²) in [6.45, 7) is 5.27. The number of aliphatic hydroxyl groups is 1. The molecule has 3 nitrogen and oxygen atoms in total. The van der Waals surface area contributed by atoms with Gasteiger partial charge >= 0.3 is 12.1 Å². The monoisotopic (exact) mass is 324 g/mol. The van der Waals surface area contributed by atoms with E-state index >= 15 is 0 Å². The minimum Gasteiger partial charge on any atom is -0.462 e. The van der Waals surface area contributed by atoms with Gasteiger partial charge < -0.3 is 9.84 Å². The Morgan fingerprint density at radius 2 is 1.77 bits per heavy atom. The van der Waals surface area contributed by atoms with Crippen molar-refractivity contribution >= 4 is 5.97 Å². The molecule has 0 spiro atoms. The Balaban J connectivity index is 2.79. The SMILES string of the molecule is CCC(C)(C)C(=O)OC(CC(O)C(F)(F)F)C1CCCCC1. The van der Waals surface area contributed by atoms with Gasteiger partial charge in [-0.25, -0.2) is 0 Å². The smallest absolute Gasteiger partial charge is 0.414 e. The van der Waals surface area contributed by atoms with Crippen molar-refractivity contribution in [2.24, 2.45) is 11.3 Å². The summed E-state index contributed by atoms with van der Waals surface area (Å²) >= 11 is 0. The lowest BCUT2D eigenvalue weighted by Crippen LogP contribution is -2.40. The van der Waals surface area contributed by atoms with Gasteiger partial charge in [0.2, 0.25) is 0 Å². The molecular formula is C16H27F3O3. The highest BCUT2D eigenvalue weighted by molar-refractivity contribution is 5.76. The van der Waals surface area contributed by atoms with Gasteiger partial charge in [0.05, 0.1) is 5.41 Å². The normalized spacial score (nSPS) is 20.5. The minimum absolute atomic E-state index is 0.0950. The van der Waals surface area contributed by atoms with E-state index in [2.05, 4.69) is 0 Å². The van der Waals surface area contributed by atoms with Crippen LogP contribution in [0.4, 0.5) is 13.2 Å². The third-order valence-corrected chi connectivity index (χ3v) is 4.70. The van der Waals surface area contributed by atoms with E-state index in [4.69, 9.17) is 4.74 Å². The zero-order valence-electron chi connectivity index (χ0n) is 13.6. The molecule has 0 bridgehead atoms. The molecule has 6 heteroatoms. The summed E-state index contributed by atoms with van der Waals surface area (Å²) in [4.78, 5) is 12.2. The number of esters is 1. The van der Waals surface area contributed by atoms with Gasteiger partial charge in [-0.2, -0.15) is 13.2 Å². The number of hydrogen-bond acceptors (Lipinski definition) is 3. The van der Waals surface area contributed by atoms with Crippen molar-refractivity contribution in [3.63, 3.8) is 0 Å². The summed E-state index contributed by atoms with van der Waals surface area (Å²) in [5, 5.41) is 9.34. The number of ether oxygens (including phenoxy) is 1. The van der Waals surface area contributed by atoms with Crippen molar-refractivity contribution in [1.29, 1.82) is 0 Å². The van der Waals surface area contributed by atoms with Gasteiger partial charge in [-0.3, -0.25) is 4.79 Å². The van der Waals surface area contributed by atoms with E-state index in [1.54, 1.807) is 13.8 Å². The predicted molar refractivity (Wildman–Crippen MR) is 77.2 cm³/mol. The zero-order chi connectivity index (χ0) is 17.0. The highest BCUT2D eigenvalue weighted by Gasteiger charge is 2.43. The molecule has 2 unspecified atom stereocenters. The first-order chi connectivity index (χ1) is 10.1. The molecule has 2 atom stereocenters. The Bertz CT molecular complexity index is 360. The number of rotatable bonds is 6. The van der Waals surface area contributed by atoms with E-state index in [0.717, 1.165) is 32.1 Å². The van der Waals surface area contributed by atoms with E-state index in [1.165, 1.54) is 0 Å². The van der Waals surface area contributed by atoms with Crippen LogP contribution in [-0.4, -0.2) is 29.5 Å². The first kappa shape index (κ1) is 19.3. The van der Waals surface area contributed by atoms with E-state index in [0.29, 0.717) is 6.42 Å². The van der Waals surface area contributed by atoms with Crippen LogP contribution in [0.5, 0.6) is 0 Å². The average molecular weight is 324 g/mol. The Kier molecular flexibility index (Phi) is 6.71. The quantitative estimate of drug-likeness (QED) is 0.744. The Labute approximate surface area is 130 Å². The second-order valence-corrected chi connectivity index (χ2v) is 6.87. The van der Waals surface area contributed by atoms with E-state index in [9.17, 15) is 23.1 Å². The predicted octanol–water partition coefficient (Wildman–Crippen LogP) is 4.23. The lowest BCUT2D eigenvalue weighted by Gasteiger charge is -2.34. The zero-order valence-corrected chi connectivity index (χ0v) is 13.6. The topological polar surface area (TPSA) is 46.5 Å². The Morgan fingerprint density at radius 3 is 2.23 bits per heavy atom. The van der Waals surface area contributed by atoms with Crippen molar-refractivity contribution in [2.45, 2.75) is 84.1 Å². The highest BCUT2D eigenvalue weighted by atomic mass is 19.4. The molecule has 1 saturated carbocycles. The molecule has 0 amide bonds. The molecule has 1 N–H and O–H groups in total. The van der Waals surface area contributed by atoms with Gasteiger partial charge in [0, 0.05) is 6.42 Å². The van der Waals surface area contributed by atoms with Crippen LogP contribution in [0, 0.1) is 11.3 Å². The molecule has 1 aliphatic rings. The molecule has 0 saturated heterocycles. The number of carbonyl (C=O) groups is 1. The molecule has 0 aromatic rings. The Morgan fingerprint density at radius 1 is 1.23 bits per heavy atom. The molecule has 0 aliphatic heterocycles. The van der Waals surface area contributed by atoms with Crippen LogP contribution in [0.25, 0.3) is 0 Å². The van der Waals surface area contributed by atoms with Crippen LogP contribution >= 0.6 is 0 Å². The van der Waals surface area contributed by atoms with Crippen LogP contribution in [0.1, 0.15) is 65.7 Å². The summed E-state index contributed by atoms with van der Waals surface area (Å²) in [5.74, 6) is -0.581. The van der Waals surface area contributed by atoms with Crippen molar-refractivity contribution < 1.29 is 27.8 Å². The third kappa shape index (κ3) is 5.45. The van der Waals surface area contributed by atoms with Gasteiger partial charge in [0.15, 0.2) is 6.10 Å². The number of carbonyl (C=O) groups excluding carboxylic acids is 1. The summed E-state index contributed by atoms with van der Waals surface area (Å²) in [7, 11) is 0. The van der Waals surface area contributed by atoms with E-state index in [-0.39, 0.29) is 5.92 Å². The Hall–Kier alpha value is -0.780. The molecular weight excluding hydrogens is 297 g/mol. The first-order valence-corrected chi connectivity index (χ1v) is 8.03. The molecule has 22 heavy (non-hydrogen) atoms. The second kappa shape index (κ2) is 7.66. The van der Waals surface area contributed by atoms with Crippen LogP contribution in [0.2, 0.25) is 0 Å². The van der Waals surface area contributed by atoms with Crippen LogP contribution in [0.15, 0.2) is 0 Å². The standard InChI is InChI=1S/C16H27F3O3/c1-4-15(2,3)14(21)22-12(10-13(20)16(17,18)19)11-8-6-5-7-9-11/h11-13,20H,4-10H2,1-3H3. The van der Waals surface area contributed by atoms with Crippen LogP contribution in [0.3, 0.4) is 0 Å². The number of halogens is 3. The molecule has 1 fully saturated rings. The van der Waals surface area contributed by atoms with Gasteiger partial charge in [0.25, 0.3) is 0 Å². The van der Waals surface area contributed by atoms with Crippen molar-refractivity contribution in [1.82, 2.24) is 0 Å². The lowest BCUT2D eigenvalue weighted by atomic mass is 9.82. The molecule has 0 aromatic heterocycles. The third-order valence-electron chi connectivity index (χ3n) is 4.70. The lowest BCUT2D eigenvalue weighted by molar-refractivity contribution is -0.216. The molecule has 0 heterocycles. The first-order valence-electron chi connectivity index (χ1n) is 8.03. The minimum atomic E-state index is -4.68. The summed E-state index contributed by atoms with van der Waals surface area (Å²) in [6.07, 6.45) is -3.61. The van der Waals surface area contributed by atoms with Gasteiger partial charge in [0.1, 0.15) is 6.10 Å². The van der Waals surface area contributed by atoms with Crippen LogP contribution < -0.4 is 0 Å². The fourth-order valence-corrected chi connectivity index (χ4v) is 2.64. The fraction of sp³-hybridized carbons (Fsp3) is 0.938. The van der Waals surface area contributed by atoms with E-state index in [1.807, 2.05) is 6.92 Å². The van der Waals surface area contributed by atoms with Crippen molar-refractivity contribution in [2.75, 3.05) is 0 Å². The highest BCUT2D eigenvalue weighted by Crippen LogP contribution is 2.34. The molecule has 130 valence electrons. The van der Waals surface area contributed by atoms with Gasteiger partial charge in [-0.15, -0.1) is 0 Å². The molecule has 1 aliphatic carbocycles. The van der Waals surface area contributed by atoms with Gasteiger partial charge in [-0.1, -0.05) is 26.2 Å². The number of hydrogen-bond donors (Lipinski definition) is 1. The van der Waals surface area contributed by atoms with Crippen LogP contribution in [-0.2, 0) is 9.53 Å². The maximum atomic E-state index is 12.6. The maximum Gasteiger partial charge on any atom is 0.414 e. The number of alkyl halides is 3. The molecule has 0 radical (unpaired) electrons. The summed E-state index contributed by atoms with van der Waals surface area (Å²) < 4.78 is 43.3. The van der Waals surface area contributed by atoms with E-state index < -0.39 is 36.2 Å². The van der Waals surface area contributed by atoms with Gasteiger partial charge in [-0.05, 0) is 39.0 Å². The van der Waals surface area contributed by atoms with Crippen molar-refractivity contribution in [3.8, 4) is 0 Å². The largest absolute Gasteiger partial charge is 0.462 e. The fourth-order valence-electron chi connectivity index (χ4n) is 2.64. The van der Waals surface area contributed by atoms with Crippen molar-refractivity contribution in [3.05, 3.63) is 0 Å². The maximum absolute atomic E-state index is 12.6. The summed E-state index contributed by atoms with van der Waals surface area (Å²) in [6, 6.07) is 0. The molecule has 0 aromatic carbocycles. The number of aliphatic hydroxyl groups excluding tert-OH is 1. The molecule has 1 rings (SSSR count). The average Bonchev–Trinajstić information content (AvgIpc) is 2.46.